The van der Waals surface area contributed by atoms with Gasteiger partial charge in [-0.25, -0.2) is 0 Å². The molecule has 2 aromatic carbocycles. The molecule has 0 amide bonds. The molecular formula is C36H56N2. The van der Waals surface area contributed by atoms with Crippen molar-refractivity contribution in [2.24, 2.45) is 10.9 Å². The highest BCUT2D eigenvalue weighted by Gasteiger charge is 2.05. The summed E-state index contributed by atoms with van der Waals surface area (Å²) in [4.78, 5) is 4.77. The molecule has 38 heavy (non-hydrogen) atoms. The van der Waals surface area contributed by atoms with Crippen LogP contribution in [-0.4, -0.2) is 5.71 Å². The molecule has 0 saturated carbocycles. The molecule has 0 aliphatic carbocycles. The minimum absolute atomic E-state index is 0.00623. The quantitative estimate of drug-likeness (QED) is 0.273. The third-order valence-corrected chi connectivity index (χ3v) is 5.95. The number of nitrogens with zero attached hydrogens (tertiary/aromatic N) is 2. The molecule has 0 aliphatic heterocycles. The van der Waals surface area contributed by atoms with Gasteiger partial charge >= 0.3 is 0 Å². The number of rotatable bonds is 11. The zero-order chi connectivity index (χ0) is 29.3. The number of nitriles is 1. The fraction of sp³-hybridized carbons (Fsp3) is 0.500. The van der Waals surface area contributed by atoms with E-state index in [2.05, 4.69) is 77.6 Å². The summed E-state index contributed by atoms with van der Waals surface area (Å²) >= 11 is 0. The van der Waals surface area contributed by atoms with Crippen LogP contribution in [0.1, 0.15) is 130 Å². The van der Waals surface area contributed by atoms with E-state index in [1.165, 1.54) is 42.4 Å². The van der Waals surface area contributed by atoms with Crippen LogP contribution >= 0.6 is 0 Å². The van der Waals surface area contributed by atoms with E-state index < -0.39 is 0 Å². The summed E-state index contributed by atoms with van der Waals surface area (Å²) in [6.07, 6.45) is 11.7. The molecule has 2 aromatic rings. The Balaban J connectivity index is 0. The Morgan fingerprint density at radius 1 is 0.868 bits per heavy atom. The van der Waals surface area contributed by atoms with Crippen molar-refractivity contribution >= 4 is 11.3 Å². The van der Waals surface area contributed by atoms with Crippen LogP contribution in [-0.2, 0) is 6.42 Å². The fourth-order valence-corrected chi connectivity index (χ4v) is 3.94. The Labute approximate surface area is 236 Å². The van der Waals surface area contributed by atoms with E-state index >= 15 is 0 Å². The maximum Gasteiger partial charge on any atom is 0.0991 e. The highest BCUT2D eigenvalue weighted by atomic mass is 14.8. The molecule has 2 rings (SSSR count). The minimum atomic E-state index is 0.00623. The largest absolute Gasteiger partial charge is 0.278 e. The molecule has 2 nitrogen and oxygen atoms in total. The predicted octanol–water partition coefficient (Wildman–Crippen LogP) is 11.6. The zero-order valence-corrected chi connectivity index (χ0v) is 26.3. The van der Waals surface area contributed by atoms with Gasteiger partial charge in [0.25, 0.3) is 0 Å². The van der Waals surface area contributed by atoms with Crippen LogP contribution in [0.25, 0.3) is 5.57 Å². The van der Waals surface area contributed by atoms with E-state index in [0.717, 1.165) is 30.0 Å². The summed E-state index contributed by atoms with van der Waals surface area (Å²) in [5.74, 6) is 0.963. The lowest BCUT2D eigenvalue weighted by Gasteiger charge is -2.09. The van der Waals surface area contributed by atoms with Crippen molar-refractivity contribution < 1.29 is 0 Å². The van der Waals surface area contributed by atoms with Gasteiger partial charge in [0.05, 0.1) is 23.4 Å². The van der Waals surface area contributed by atoms with Gasteiger partial charge in [-0.05, 0) is 72.7 Å². The maximum atomic E-state index is 8.91. The number of hydrogen-bond donors (Lipinski definition) is 0. The molecule has 0 saturated heterocycles. The van der Waals surface area contributed by atoms with Gasteiger partial charge in [-0.15, -0.1) is 0 Å². The molecule has 1 unspecified atom stereocenters. The summed E-state index contributed by atoms with van der Waals surface area (Å²) in [6.45, 7) is 25.1. The van der Waals surface area contributed by atoms with Crippen molar-refractivity contribution in [3.63, 3.8) is 0 Å². The SMILES string of the molecule is C=CC(/C=C(\C)c1ccc(CCC)cc1)=NC(C)c1ccc(C#N)cc1.CC.CC.CCCC(C)CCC. The standard InChI is InChI=1S/C24H26N2.C8H18.2C2H6/c1-5-7-20-8-12-22(13-9-20)18(3)16-24(6-2)26-19(4)23-14-10-21(17-25)11-15-23;1-4-6-8(3)7-5-2;2*1-2/h6,8-16,19H,2,5,7H2,1,3-4H3;8H,4-7H2,1-3H3;2*1-2H3/b18-16+,26-24?;;;. The Morgan fingerprint density at radius 3 is 1.82 bits per heavy atom. The molecule has 0 fully saturated rings. The lowest BCUT2D eigenvalue weighted by molar-refractivity contribution is 0.480. The monoisotopic (exact) mass is 516 g/mol. The molecule has 210 valence electrons. The summed E-state index contributed by atoms with van der Waals surface area (Å²) < 4.78 is 0. The zero-order valence-electron chi connectivity index (χ0n) is 26.3. The van der Waals surface area contributed by atoms with Gasteiger partial charge in [-0.1, -0.05) is 130 Å². The van der Waals surface area contributed by atoms with Crippen LogP contribution in [0.4, 0.5) is 0 Å². The van der Waals surface area contributed by atoms with Gasteiger partial charge in [0.1, 0.15) is 0 Å². The average molecular weight is 517 g/mol. The van der Waals surface area contributed by atoms with Crippen molar-refractivity contribution in [3.05, 3.63) is 89.5 Å². The number of aliphatic imine (C=N–C) groups is 1. The van der Waals surface area contributed by atoms with Gasteiger partial charge in [0.2, 0.25) is 0 Å². The highest BCUT2D eigenvalue weighted by Crippen LogP contribution is 2.20. The Bertz CT molecular complexity index is 934. The fourth-order valence-electron chi connectivity index (χ4n) is 3.94. The van der Waals surface area contributed by atoms with Gasteiger partial charge in [-0.3, -0.25) is 4.99 Å². The molecule has 1 atom stereocenters. The summed E-state index contributed by atoms with van der Waals surface area (Å²) in [5.41, 5.74) is 6.34. The molecule has 0 bridgehead atoms. The third kappa shape index (κ3) is 16.0. The summed E-state index contributed by atoms with van der Waals surface area (Å²) in [7, 11) is 0. The number of aryl methyl sites for hydroxylation is 1. The van der Waals surface area contributed by atoms with Crippen LogP contribution in [0.2, 0.25) is 0 Å². The Morgan fingerprint density at radius 2 is 1.39 bits per heavy atom. The van der Waals surface area contributed by atoms with Crippen LogP contribution in [0.5, 0.6) is 0 Å². The molecule has 0 aromatic heterocycles. The molecule has 0 radical (unpaired) electrons. The first-order valence-corrected chi connectivity index (χ1v) is 14.9. The first kappa shape index (κ1) is 37.2. The van der Waals surface area contributed by atoms with Crippen LogP contribution in [0, 0.1) is 17.2 Å². The summed E-state index contributed by atoms with van der Waals surface area (Å²) in [5, 5.41) is 8.91. The normalized spacial score (nSPS) is 11.5. The van der Waals surface area contributed by atoms with Crippen molar-refractivity contribution in [3.8, 4) is 6.07 Å². The average Bonchev–Trinajstić information content (AvgIpc) is 2.96. The third-order valence-electron chi connectivity index (χ3n) is 5.95. The van der Waals surface area contributed by atoms with Gasteiger partial charge in [-0.2, -0.15) is 5.26 Å². The lowest BCUT2D eigenvalue weighted by atomic mass is 10.0. The number of hydrogen-bond acceptors (Lipinski definition) is 2. The van der Waals surface area contributed by atoms with E-state index in [0.29, 0.717) is 5.56 Å². The van der Waals surface area contributed by atoms with Crippen molar-refractivity contribution in [1.82, 2.24) is 0 Å². The molecular weight excluding hydrogens is 460 g/mol. The van der Waals surface area contributed by atoms with Gasteiger partial charge < -0.3 is 0 Å². The van der Waals surface area contributed by atoms with E-state index in [1.54, 1.807) is 6.08 Å². The molecule has 2 heteroatoms. The van der Waals surface area contributed by atoms with E-state index in [1.807, 2.05) is 58.9 Å². The summed E-state index contributed by atoms with van der Waals surface area (Å²) in [6, 6.07) is 18.4. The molecule has 0 spiro atoms. The van der Waals surface area contributed by atoms with Gasteiger partial charge in [0.15, 0.2) is 0 Å². The molecule has 0 N–H and O–H groups in total. The van der Waals surface area contributed by atoms with Crippen molar-refractivity contribution in [2.45, 2.75) is 114 Å². The van der Waals surface area contributed by atoms with E-state index in [-0.39, 0.29) is 6.04 Å². The maximum absolute atomic E-state index is 8.91. The second-order valence-corrected chi connectivity index (χ2v) is 9.12. The van der Waals surface area contributed by atoms with E-state index in [4.69, 9.17) is 10.3 Å². The second kappa shape index (κ2) is 24.4. The molecule has 0 aliphatic rings. The minimum Gasteiger partial charge on any atom is -0.278 e. The smallest absolute Gasteiger partial charge is 0.0991 e. The number of benzene rings is 2. The first-order valence-electron chi connectivity index (χ1n) is 14.9. The predicted molar refractivity (Wildman–Crippen MR) is 173 cm³/mol. The lowest BCUT2D eigenvalue weighted by Crippen LogP contribution is -1.97. The Hall–Kier alpha value is -2.92. The Kier molecular flexibility index (Phi) is 23.9. The first-order chi connectivity index (χ1) is 18.4. The van der Waals surface area contributed by atoms with Crippen molar-refractivity contribution in [1.29, 1.82) is 5.26 Å². The van der Waals surface area contributed by atoms with Crippen LogP contribution in [0.15, 0.2) is 72.3 Å². The van der Waals surface area contributed by atoms with Crippen LogP contribution in [0.3, 0.4) is 0 Å². The van der Waals surface area contributed by atoms with Crippen molar-refractivity contribution in [2.75, 3.05) is 0 Å². The second-order valence-electron chi connectivity index (χ2n) is 9.12. The topological polar surface area (TPSA) is 36.1 Å². The van der Waals surface area contributed by atoms with Crippen LogP contribution < -0.4 is 0 Å². The number of allylic oxidation sites excluding steroid dienone is 3. The highest BCUT2D eigenvalue weighted by molar-refractivity contribution is 6.07. The van der Waals surface area contributed by atoms with E-state index in [9.17, 15) is 0 Å². The molecule has 0 heterocycles. The van der Waals surface area contributed by atoms with Gasteiger partial charge in [0, 0.05) is 0 Å².